The second kappa shape index (κ2) is 12.8. The molecule has 1 aromatic carbocycles. The van der Waals surface area contributed by atoms with Crippen molar-refractivity contribution in [2.75, 3.05) is 40.3 Å². The lowest BCUT2D eigenvalue weighted by Gasteiger charge is -2.25. The number of nitrogens with zero attached hydrogens (tertiary/aromatic N) is 3. The summed E-state index contributed by atoms with van der Waals surface area (Å²) in [6, 6.07) is 7.83. The summed E-state index contributed by atoms with van der Waals surface area (Å²) >= 11 is 0. The van der Waals surface area contributed by atoms with Gasteiger partial charge in [-0.1, -0.05) is 12.1 Å². The highest BCUT2D eigenvalue weighted by Gasteiger charge is 2.14. The van der Waals surface area contributed by atoms with E-state index in [1.807, 2.05) is 61.9 Å². The molecule has 1 aromatic rings. The van der Waals surface area contributed by atoms with E-state index in [9.17, 15) is 4.79 Å². The van der Waals surface area contributed by atoms with Crippen LogP contribution in [0, 0.1) is 0 Å². The molecule has 0 saturated heterocycles. The van der Waals surface area contributed by atoms with Crippen molar-refractivity contribution in [3.05, 3.63) is 29.8 Å². The number of amides is 1. The van der Waals surface area contributed by atoms with E-state index < -0.39 is 0 Å². The van der Waals surface area contributed by atoms with Crippen molar-refractivity contribution in [2.24, 2.45) is 4.99 Å². The van der Waals surface area contributed by atoms with Crippen LogP contribution in [-0.4, -0.2) is 62.0 Å². The molecule has 7 heteroatoms. The Hall–Kier alpha value is -1.51. The van der Waals surface area contributed by atoms with Crippen molar-refractivity contribution in [1.29, 1.82) is 0 Å². The summed E-state index contributed by atoms with van der Waals surface area (Å²) < 4.78 is 5.16. The Labute approximate surface area is 168 Å². The summed E-state index contributed by atoms with van der Waals surface area (Å²) in [5, 5.41) is 3.24. The Morgan fingerprint density at radius 2 is 1.76 bits per heavy atom. The Balaban J connectivity index is 0.00000576. The first-order chi connectivity index (χ1) is 11.5. The Kier molecular flexibility index (Phi) is 12.0. The molecule has 0 aliphatic rings. The fraction of sp³-hybridized carbons (Fsp3) is 0.556. The summed E-state index contributed by atoms with van der Waals surface area (Å²) in [5.41, 5.74) is 1.09. The SMILES string of the molecule is CCNC(=NCc1ccc(OC)cc1)N(C)CC(=O)N(CC)CC.I. The zero-order chi connectivity index (χ0) is 17.9. The number of nitrogens with one attached hydrogen (secondary N) is 1. The minimum Gasteiger partial charge on any atom is -0.497 e. The number of benzene rings is 1. The number of carbonyl (C=O) groups excluding carboxylic acids is 1. The van der Waals surface area contributed by atoms with E-state index in [2.05, 4.69) is 10.3 Å². The topological polar surface area (TPSA) is 57.2 Å². The van der Waals surface area contributed by atoms with Crippen LogP contribution in [0.25, 0.3) is 0 Å². The molecule has 0 fully saturated rings. The largest absolute Gasteiger partial charge is 0.497 e. The monoisotopic (exact) mass is 462 g/mol. The second-order valence-corrected chi connectivity index (χ2v) is 5.44. The number of carbonyl (C=O) groups is 1. The van der Waals surface area contributed by atoms with E-state index >= 15 is 0 Å². The molecule has 1 rings (SSSR count). The summed E-state index contributed by atoms with van der Waals surface area (Å²) in [6.07, 6.45) is 0. The highest BCUT2D eigenvalue weighted by atomic mass is 127. The molecule has 1 amide bonds. The van der Waals surface area contributed by atoms with Gasteiger partial charge in [0.2, 0.25) is 5.91 Å². The molecular weight excluding hydrogens is 431 g/mol. The Morgan fingerprint density at radius 3 is 2.24 bits per heavy atom. The van der Waals surface area contributed by atoms with Gasteiger partial charge < -0.3 is 19.9 Å². The van der Waals surface area contributed by atoms with Gasteiger partial charge in [-0.3, -0.25) is 4.79 Å². The maximum atomic E-state index is 12.3. The van der Waals surface area contributed by atoms with E-state index in [0.29, 0.717) is 13.1 Å². The Bertz CT molecular complexity index is 530. The smallest absolute Gasteiger partial charge is 0.242 e. The lowest BCUT2D eigenvalue weighted by atomic mass is 10.2. The first-order valence-electron chi connectivity index (χ1n) is 8.45. The molecule has 0 saturated carbocycles. The second-order valence-electron chi connectivity index (χ2n) is 5.44. The molecule has 0 aliphatic heterocycles. The number of hydrogen-bond acceptors (Lipinski definition) is 3. The molecule has 0 aromatic heterocycles. The van der Waals surface area contributed by atoms with Crippen LogP contribution in [-0.2, 0) is 11.3 Å². The minimum absolute atomic E-state index is 0. The molecule has 6 nitrogen and oxygen atoms in total. The molecule has 0 atom stereocenters. The number of rotatable bonds is 8. The number of methoxy groups -OCH3 is 1. The predicted octanol–water partition coefficient (Wildman–Crippen LogP) is 2.58. The van der Waals surface area contributed by atoms with Crippen LogP contribution < -0.4 is 10.1 Å². The van der Waals surface area contributed by atoms with E-state index in [1.165, 1.54) is 0 Å². The van der Waals surface area contributed by atoms with Gasteiger partial charge >= 0.3 is 0 Å². The van der Waals surface area contributed by atoms with Crippen LogP contribution in [0.15, 0.2) is 29.3 Å². The van der Waals surface area contributed by atoms with Gasteiger partial charge in [-0.25, -0.2) is 4.99 Å². The maximum absolute atomic E-state index is 12.3. The average Bonchev–Trinajstić information content (AvgIpc) is 2.60. The molecular formula is C18H31IN4O2. The number of aliphatic imine (C=N–C) groups is 1. The van der Waals surface area contributed by atoms with Gasteiger partial charge in [0.05, 0.1) is 20.2 Å². The first-order valence-corrected chi connectivity index (χ1v) is 8.45. The van der Waals surface area contributed by atoms with Gasteiger partial charge in [0.15, 0.2) is 5.96 Å². The van der Waals surface area contributed by atoms with Gasteiger partial charge in [-0.15, -0.1) is 24.0 Å². The molecule has 0 unspecified atom stereocenters. The fourth-order valence-corrected chi connectivity index (χ4v) is 2.32. The van der Waals surface area contributed by atoms with Crippen LogP contribution in [0.5, 0.6) is 5.75 Å². The number of hydrogen-bond donors (Lipinski definition) is 1. The highest BCUT2D eigenvalue weighted by Crippen LogP contribution is 2.12. The molecule has 0 aliphatic carbocycles. The third-order valence-electron chi connectivity index (χ3n) is 3.76. The van der Waals surface area contributed by atoms with Crippen LogP contribution in [0.1, 0.15) is 26.3 Å². The molecule has 142 valence electrons. The van der Waals surface area contributed by atoms with Gasteiger partial charge in [-0.2, -0.15) is 0 Å². The van der Waals surface area contributed by atoms with Crippen LogP contribution >= 0.6 is 24.0 Å². The summed E-state index contributed by atoms with van der Waals surface area (Å²) in [6.45, 7) is 9.07. The molecule has 25 heavy (non-hydrogen) atoms. The van der Waals surface area contributed by atoms with E-state index in [4.69, 9.17) is 4.74 Å². The van der Waals surface area contributed by atoms with Crippen LogP contribution in [0.3, 0.4) is 0 Å². The number of guanidine groups is 1. The molecule has 0 spiro atoms. The van der Waals surface area contributed by atoms with Crippen LogP contribution in [0.2, 0.25) is 0 Å². The zero-order valence-electron chi connectivity index (χ0n) is 15.9. The van der Waals surface area contributed by atoms with Gasteiger partial charge in [0.1, 0.15) is 5.75 Å². The molecule has 1 N–H and O–H groups in total. The normalized spacial score (nSPS) is 10.7. The van der Waals surface area contributed by atoms with Crippen molar-refractivity contribution < 1.29 is 9.53 Å². The van der Waals surface area contributed by atoms with Gasteiger partial charge in [-0.05, 0) is 38.5 Å². The summed E-state index contributed by atoms with van der Waals surface area (Å²) in [4.78, 5) is 20.6. The number of likely N-dealkylation sites (N-methyl/N-ethyl adjacent to an activating group) is 2. The van der Waals surface area contributed by atoms with Crippen molar-refractivity contribution in [3.8, 4) is 5.75 Å². The molecule has 0 radical (unpaired) electrons. The quantitative estimate of drug-likeness (QED) is 0.367. The lowest BCUT2D eigenvalue weighted by Crippen LogP contribution is -2.45. The van der Waals surface area contributed by atoms with Crippen LogP contribution in [0.4, 0.5) is 0 Å². The zero-order valence-corrected chi connectivity index (χ0v) is 18.2. The van der Waals surface area contributed by atoms with Crippen molar-refractivity contribution in [2.45, 2.75) is 27.3 Å². The average molecular weight is 462 g/mol. The third kappa shape index (κ3) is 7.94. The summed E-state index contributed by atoms with van der Waals surface area (Å²) in [5.74, 6) is 1.67. The predicted molar refractivity (Wildman–Crippen MR) is 114 cm³/mol. The van der Waals surface area contributed by atoms with Crippen molar-refractivity contribution in [1.82, 2.24) is 15.1 Å². The van der Waals surface area contributed by atoms with Crippen molar-refractivity contribution >= 4 is 35.8 Å². The third-order valence-corrected chi connectivity index (χ3v) is 3.76. The molecule has 0 heterocycles. The minimum atomic E-state index is 0. The standard InChI is InChI=1S/C18H30N4O2.HI/c1-6-19-18(21(4)14-17(23)22(7-2)8-3)20-13-15-9-11-16(24-5)12-10-15;/h9-12H,6-8,13-14H2,1-5H3,(H,19,20);1H. The Morgan fingerprint density at radius 1 is 1.16 bits per heavy atom. The van der Waals surface area contributed by atoms with Gasteiger partial charge in [0, 0.05) is 26.7 Å². The van der Waals surface area contributed by atoms with Crippen molar-refractivity contribution in [3.63, 3.8) is 0 Å². The van der Waals surface area contributed by atoms with E-state index in [-0.39, 0.29) is 29.9 Å². The fourth-order valence-electron chi connectivity index (χ4n) is 2.32. The van der Waals surface area contributed by atoms with E-state index in [1.54, 1.807) is 7.11 Å². The summed E-state index contributed by atoms with van der Waals surface area (Å²) in [7, 11) is 3.54. The maximum Gasteiger partial charge on any atom is 0.242 e. The highest BCUT2D eigenvalue weighted by molar-refractivity contribution is 14.0. The number of halogens is 1. The molecule has 0 bridgehead atoms. The van der Waals surface area contributed by atoms with E-state index in [0.717, 1.165) is 36.9 Å². The lowest BCUT2D eigenvalue weighted by molar-refractivity contribution is -0.131. The van der Waals surface area contributed by atoms with Gasteiger partial charge in [0.25, 0.3) is 0 Å². The number of ether oxygens (including phenoxy) is 1. The first kappa shape index (κ1) is 23.5.